The summed E-state index contributed by atoms with van der Waals surface area (Å²) in [5.74, 6) is -0.383. The lowest BCUT2D eigenvalue weighted by Crippen LogP contribution is -2.60. The molecule has 2 aromatic carbocycles. The van der Waals surface area contributed by atoms with Gasteiger partial charge in [0.15, 0.2) is 0 Å². The molecule has 148 valence electrons. The molecule has 0 saturated heterocycles. The average Bonchev–Trinajstić information content (AvgIpc) is 3.17. The number of hydrogen-bond donors (Lipinski definition) is 1. The minimum Gasteiger partial charge on any atom is -0.322 e. The van der Waals surface area contributed by atoms with E-state index in [2.05, 4.69) is 15.4 Å². The van der Waals surface area contributed by atoms with Gasteiger partial charge < -0.3 is 5.32 Å². The van der Waals surface area contributed by atoms with Crippen molar-refractivity contribution < 1.29 is 9.59 Å². The van der Waals surface area contributed by atoms with Gasteiger partial charge in [0.2, 0.25) is 17.0 Å². The molecule has 4 rings (SSSR count). The Labute approximate surface area is 173 Å². The van der Waals surface area contributed by atoms with Gasteiger partial charge in [0.25, 0.3) is 0 Å². The quantitative estimate of drug-likeness (QED) is 0.670. The number of carbonyl (C=O) groups excluding carboxylic acids is 2. The molecular weight excluding hydrogens is 386 g/mol. The van der Waals surface area contributed by atoms with Crippen molar-refractivity contribution in [1.82, 2.24) is 14.8 Å². The van der Waals surface area contributed by atoms with Crippen LogP contribution in [-0.4, -0.2) is 37.4 Å². The fraction of sp³-hybridized carbons (Fsp3) is 0.238. The summed E-state index contributed by atoms with van der Waals surface area (Å²) in [6, 6.07) is 17.0. The number of nitrogens with zero attached hydrogens (tertiary/aromatic N) is 4. The van der Waals surface area contributed by atoms with Gasteiger partial charge in [-0.05, 0) is 45.0 Å². The van der Waals surface area contributed by atoms with Crippen LogP contribution in [0.25, 0.3) is 5.69 Å². The number of anilines is 2. The predicted octanol–water partition coefficient (Wildman–Crippen LogP) is 3.51. The van der Waals surface area contributed by atoms with Crippen molar-refractivity contribution in [2.45, 2.75) is 36.7 Å². The van der Waals surface area contributed by atoms with Crippen LogP contribution in [0.15, 0.2) is 66.1 Å². The molecular formula is C21H21N5O2S. The van der Waals surface area contributed by atoms with Gasteiger partial charge in [0.1, 0.15) is 11.9 Å². The van der Waals surface area contributed by atoms with Crippen LogP contribution in [0.3, 0.4) is 0 Å². The molecule has 0 radical (unpaired) electrons. The molecule has 1 aromatic heterocycles. The number of para-hydroxylation sites is 3. The summed E-state index contributed by atoms with van der Waals surface area (Å²) in [5.41, 5.74) is 1.22. The van der Waals surface area contributed by atoms with Gasteiger partial charge in [-0.3, -0.25) is 14.5 Å². The Morgan fingerprint density at radius 3 is 2.55 bits per heavy atom. The Bertz CT molecular complexity index is 1060. The minimum absolute atomic E-state index is 0.168. The second-order valence-corrected chi connectivity index (χ2v) is 8.58. The van der Waals surface area contributed by atoms with E-state index < -0.39 is 10.8 Å². The van der Waals surface area contributed by atoms with E-state index in [9.17, 15) is 9.59 Å². The highest BCUT2D eigenvalue weighted by molar-refractivity contribution is 8.00. The maximum absolute atomic E-state index is 13.4. The van der Waals surface area contributed by atoms with Gasteiger partial charge in [0, 0.05) is 0 Å². The number of hydrogen-bond acceptors (Lipinski definition) is 5. The van der Waals surface area contributed by atoms with Crippen LogP contribution in [0.5, 0.6) is 0 Å². The van der Waals surface area contributed by atoms with E-state index in [1.807, 2.05) is 48.5 Å². The van der Waals surface area contributed by atoms with Crippen molar-refractivity contribution in [3.05, 3.63) is 60.9 Å². The zero-order valence-electron chi connectivity index (χ0n) is 16.4. The van der Waals surface area contributed by atoms with Crippen LogP contribution in [-0.2, 0) is 9.59 Å². The number of aromatic nitrogens is 3. The normalized spacial score (nSPS) is 16.1. The fourth-order valence-corrected chi connectivity index (χ4v) is 4.01. The Balaban J connectivity index is 1.58. The number of fused-ring (bicyclic) bond motifs is 1. The number of rotatable bonds is 4. The van der Waals surface area contributed by atoms with Gasteiger partial charge >= 0.3 is 0 Å². The van der Waals surface area contributed by atoms with E-state index in [4.69, 9.17) is 0 Å². The first-order chi connectivity index (χ1) is 13.9. The molecule has 0 fully saturated rings. The lowest BCUT2D eigenvalue weighted by Gasteiger charge is -2.42. The molecule has 2 heterocycles. The summed E-state index contributed by atoms with van der Waals surface area (Å²) in [5, 5.41) is 7.37. The lowest BCUT2D eigenvalue weighted by atomic mass is 9.96. The number of amides is 2. The van der Waals surface area contributed by atoms with Crippen LogP contribution in [0.4, 0.5) is 11.4 Å². The molecule has 3 aromatic rings. The van der Waals surface area contributed by atoms with Crippen molar-refractivity contribution in [3.63, 3.8) is 0 Å². The Morgan fingerprint density at radius 1 is 1.10 bits per heavy atom. The van der Waals surface area contributed by atoms with Crippen molar-refractivity contribution in [1.29, 1.82) is 0 Å². The number of carbonyl (C=O) groups is 2. The third kappa shape index (κ3) is 3.51. The summed E-state index contributed by atoms with van der Waals surface area (Å²) in [6.45, 7) is 5.30. The average molecular weight is 407 g/mol. The van der Waals surface area contributed by atoms with E-state index in [1.54, 1.807) is 42.7 Å². The largest absolute Gasteiger partial charge is 0.322 e. The highest BCUT2D eigenvalue weighted by Gasteiger charge is 2.44. The summed E-state index contributed by atoms with van der Waals surface area (Å²) in [6.07, 6.45) is 1.63. The molecule has 1 aliphatic heterocycles. The van der Waals surface area contributed by atoms with E-state index in [0.717, 1.165) is 5.69 Å². The van der Waals surface area contributed by atoms with Crippen molar-refractivity contribution in [2.24, 2.45) is 0 Å². The third-order valence-corrected chi connectivity index (χ3v) is 5.80. The van der Waals surface area contributed by atoms with E-state index in [1.165, 1.54) is 11.8 Å². The van der Waals surface area contributed by atoms with Crippen molar-refractivity contribution >= 4 is 35.0 Å². The summed E-state index contributed by atoms with van der Waals surface area (Å²) < 4.78 is 1.67. The minimum atomic E-state index is -1.00. The Kier molecular flexibility index (Phi) is 4.87. The summed E-state index contributed by atoms with van der Waals surface area (Å²) >= 11 is 1.27. The zero-order chi connectivity index (χ0) is 20.6. The molecule has 1 atom stereocenters. The molecule has 1 N–H and O–H groups in total. The van der Waals surface area contributed by atoms with Crippen LogP contribution < -0.4 is 10.2 Å². The van der Waals surface area contributed by atoms with Crippen molar-refractivity contribution in [2.75, 3.05) is 10.2 Å². The van der Waals surface area contributed by atoms with Gasteiger partial charge in [0.05, 0.1) is 22.3 Å². The Morgan fingerprint density at radius 2 is 1.79 bits per heavy atom. The molecule has 29 heavy (non-hydrogen) atoms. The topological polar surface area (TPSA) is 80.1 Å². The first-order valence-electron chi connectivity index (χ1n) is 9.26. The van der Waals surface area contributed by atoms with Crippen LogP contribution in [0.1, 0.15) is 20.8 Å². The van der Waals surface area contributed by atoms with E-state index >= 15 is 0 Å². The van der Waals surface area contributed by atoms with Crippen LogP contribution in [0, 0.1) is 0 Å². The maximum atomic E-state index is 13.4. The number of benzene rings is 2. The molecule has 0 saturated carbocycles. The van der Waals surface area contributed by atoms with Gasteiger partial charge in [-0.1, -0.05) is 42.1 Å². The summed E-state index contributed by atoms with van der Waals surface area (Å²) in [4.78, 5) is 31.9. The van der Waals surface area contributed by atoms with Crippen LogP contribution >= 0.6 is 11.8 Å². The monoisotopic (exact) mass is 407 g/mol. The molecule has 8 heteroatoms. The molecule has 0 aliphatic carbocycles. The second kappa shape index (κ2) is 7.36. The van der Waals surface area contributed by atoms with E-state index in [0.29, 0.717) is 16.5 Å². The van der Waals surface area contributed by atoms with Gasteiger partial charge in [-0.2, -0.15) is 0 Å². The zero-order valence-corrected chi connectivity index (χ0v) is 17.2. The van der Waals surface area contributed by atoms with Crippen molar-refractivity contribution in [3.8, 4) is 5.69 Å². The van der Waals surface area contributed by atoms with E-state index in [-0.39, 0.29) is 11.8 Å². The first-order valence-corrected chi connectivity index (χ1v) is 10.1. The third-order valence-electron chi connectivity index (χ3n) is 4.85. The lowest BCUT2D eigenvalue weighted by molar-refractivity contribution is -0.126. The Hall–Kier alpha value is -3.13. The standard InChI is InChI=1S/C21H21N5O2S/c1-14(29-20-22-13-25(24-20)15-9-5-4-6-10-15)18(27)26-17-12-8-7-11-16(17)23-19(28)21(26,2)3/h4-14H,1-3H3,(H,23,28). The number of nitrogens with one attached hydrogen (secondary N) is 1. The molecule has 0 bridgehead atoms. The molecule has 1 aliphatic rings. The molecule has 1 unspecified atom stereocenters. The molecule has 0 spiro atoms. The number of thioether (sulfide) groups is 1. The van der Waals surface area contributed by atoms with Gasteiger partial charge in [-0.15, -0.1) is 5.10 Å². The highest BCUT2D eigenvalue weighted by Crippen LogP contribution is 2.38. The second-order valence-electron chi connectivity index (χ2n) is 7.27. The van der Waals surface area contributed by atoms with Gasteiger partial charge in [-0.25, -0.2) is 9.67 Å². The SMILES string of the molecule is CC(Sc1ncn(-c2ccccc2)n1)C(=O)N1c2ccccc2NC(=O)C1(C)C. The molecule has 7 nitrogen and oxygen atoms in total. The van der Waals surface area contributed by atoms with Crippen LogP contribution in [0.2, 0.25) is 0 Å². The molecule has 2 amide bonds. The first kappa shape index (κ1) is 19.2. The maximum Gasteiger partial charge on any atom is 0.250 e. The predicted molar refractivity (Wildman–Crippen MR) is 113 cm³/mol. The highest BCUT2D eigenvalue weighted by atomic mass is 32.2. The summed E-state index contributed by atoms with van der Waals surface area (Å²) in [7, 11) is 0. The fourth-order valence-electron chi connectivity index (χ4n) is 3.24. The smallest absolute Gasteiger partial charge is 0.250 e.